The predicted octanol–water partition coefficient (Wildman–Crippen LogP) is 1.68. The molecule has 1 saturated heterocycles. The highest BCUT2D eigenvalue weighted by Crippen LogP contribution is 2.39. The average molecular weight is 294 g/mol. The van der Waals surface area contributed by atoms with E-state index in [0.29, 0.717) is 18.4 Å². The lowest BCUT2D eigenvalue weighted by atomic mass is 9.85. The molecule has 5 heteroatoms. The van der Waals surface area contributed by atoms with Crippen LogP contribution in [0.2, 0.25) is 0 Å². The molecule has 0 spiro atoms. The van der Waals surface area contributed by atoms with Crippen molar-refractivity contribution in [1.29, 1.82) is 0 Å². The van der Waals surface area contributed by atoms with E-state index in [2.05, 4.69) is 16.8 Å². The second-order valence-corrected chi connectivity index (χ2v) is 7.05. The Balaban J connectivity index is 2.03. The molecule has 1 atom stereocenters. The van der Waals surface area contributed by atoms with Gasteiger partial charge in [0.15, 0.2) is 5.96 Å². The summed E-state index contributed by atoms with van der Waals surface area (Å²) in [5.74, 6) is 1.51. The van der Waals surface area contributed by atoms with Crippen LogP contribution in [0.1, 0.15) is 45.4 Å². The second kappa shape index (κ2) is 6.67. The van der Waals surface area contributed by atoms with Crippen LogP contribution in [0.25, 0.3) is 0 Å². The fraction of sp³-hybridized carbons (Fsp3) is 0.875. The van der Waals surface area contributed by atoms with Gasteiger partial charge in [-0.1, -0.05) is 19.8 Å². The van der Waals surface area contributed by atoms with E-state index in [1.807, 2.05) is 14.1 Å². The fourth-order valence-electron chi connectivity index (χ4n) is 3.70. The summed E-state index contributed by atoms with van der Waals surface area (Å²) in [6.45, 7) is 4.78. The van der Waals surface area contributed by atoms with Gasteiger partial charge in [-0.3, -0.25) is 9.79 Å². The first kappa shape index (κ1) is 16.1. The van der Waals surface area contributed by atoms with Gasteiger partial charge in [-0.2, -0.15) is 0 Å². The molecule has 0 aromatic heterocycles. The van der Waals surface area contributed by atoms with Crippen molar-refractivity contribution in [2.45, 2.75) is 45.4 Å². The van der Waals surface area contributed by atoms with Gasteiger partial charge in [0.2, 0.25) is 5.91 Å². The number of carbonyl (C=O) groups is 1. The molecule has 1 saturated carbocycles. The normalized spacial score (nSPS) is 26.0. The molecule has 0 aromatic rings. The Morgan fingerprint density at radius 3 is 2.57 bits per heavy atom. The molecule has 0 bridgehead atoms. The van der Waals surface area contributed by atoms with Crippen LogP contribution >= 0.6 is 0 Å². The molecular formula is C16H30N4O. The number of guanidine groups is 1. The van der Waals surface area contributed by atoms with Crippen molar-refractivity contribution in [1.82, 2.24) is 9.80 Å². The Bertz CT molecular complexity index is 399. The summed E-state index contributed by atoms with van der Waals surface area (Å²) in [5.41, 5.74) is 5.86. The summed E-state index contributed by atoms with van der Waals surface area (Å²) in [5, 5.41) is 0. The third-order valence-corrected chi connectivity index (χ3v) is 4.95. The van der Waals surface area contributed by atoms with Gasteiger partial charge >= 0.3 is 0 Å². The second-order valence-electron chi connectivity index (χ2n) is 7.05. The Morgan fingerprint density at radius 1 is 1.33 bits per heavy atom. The maximum absolute atomic E-state index is 12.5. The van der Waals surface area contributed by atoms with Crippen LogP contribution in [0.5, 0.6) is 0 Å². The topological polar surface area (TPSA) is 61.9 Å². The van der Waals surface area contributed by atoms with E-state index < -0.39 is 0 Å². The maximum Gasteiger partial charge on any atom is 0.230 e. The summed E-state index contributed by atoms with van der Waals surface area (Å²) in [7, 11) is 3.67. The van der Waals surface area contributed by atoms with Gasteiger partial charge in [0.25, 0.3) is 0 Å². The molecule has 2 fully saturated rings. The minimum atomic E-state index is -0.310. The van der Waals surface area contributed by atoms with Crippen molar-refractivity contribution < 1.29 is 4.79 Å². The zero-order valence-electron chi connectivity index (χ0n) is 13.8. The number of piperidine rings is 1. The monoisotopic (exact) mass is 294 g/mol. The molecular weight excluding hydrogens is 264 g/mol. The van der Waals surface area contributed by atoms with Crippen LogP contribution in [0.15, 0.2) is 4.99 Å². The van der Waals surface area contributed by atoms with E-state index in [1.54, 1.807) is 4.90 Å². The molecule has 120 valence electrons. The molecule has 2 aliphatic rings. The predicted molar refractivity (Wildman–Crippen MR) is 86.1 cm³/mol. The summed E-state index contributed by atoms with van der Waals surface area (Å²) in [4.78, 5) is 21.0. The highest BCUT2D eigenvalue weighted by molar-refractivity contribution is 5.84. The van der Waals surface area contributed by atoms with Gasteiger partial charge in [0, 0.05) is 27.2 Å². The number of nitrogens with zero attached hydrogens (tertiary/aromatic N) is 3. The first-order valence-electron chi connectivity index (χ1n) is 8.21. The van der Waals surface area contributed by atoms with Crippen molar-refractivity contribution in [2.24, 2.45) is 22.1 Å². The van der Waals surface area contributed by atoms with Gasteiger partial charge in [0.05, 0.1) is 12.0 Å². The van der Waals surface area contributed by atoms with Crippen LogP contribution in [0, 0.1) is 11.3 Å². The van der Waals surface area contributed by atoms with Gasteiger partial charge in [-0.05, 0) is 31.6 Å². The first-order chi connectivity index (χ1) is 9.94. The molecule has 2 N–H and O–H groups in total. The third-order valence-electron chi connectivity index (χ3n) is 4.95. The summed E-state index contributed by atoms with van der Waals surface area (Å²) >= 11 is 0. The lowest BCUT2D eigenvalue weighted by molar-refractivity contribution is -0.138. The van der Waals surface area contributed by atoms with Crippen LogP contribution in [0.3, 0.4) is 0 Å². The van der Waals surface area contributed by atoms with E-state index in [-0.39, 0.29) is 11.3 Å². The third kappa shape index (κ3) is 3.69. The standard InChI is InChI=1S/C16H30N4O/c1-13-7-6-10-20(11-13)15(17)18-12-16(8-4-5-9-16)14(21)19(2)3/h13H,4-12H2,1-3H3,(H2,17,18). The van der Waals surface area contributed by atoms with Crippen molar-refractivity contribution in [3.8, 4) is 0 Å². The minimum absolute atomic E-state index is 0.212. The minimum Gasteiger partial charge on any atom is -0.370 e. The van der Waals surface area contributed by atoms with E-state index in [4.69, 9.17) is 5.73 Å². The van der Waals surface area contributed by atoms with Crippen molar-refractivity contribution in [3.63, 3.8) is 0 Å². The lowest BCUT2D eigenvalue weighted by Crippen LogP contribution is -2.45. The lowest BCUT2D eigenvalue weighted by Gasteiger charge is -2.33. The van der Waals surface area contributed by atoms with Gasteiger partial charge in [-0.25, -0.2) is 0 Å². The molecule has 0 radical (unpaired) electrons. The molecule has 0 aromatic carbocycles. The molecule has 1 amide bonds. The summed E-state index contributed by atoms with van der Waals surface area (Å²) in [6, 6.07) is 0. The highest BCUT2D eigenvalue weighted by Gasteiger charge is 2.42. The van der Waals surface area contributed by atoms with Crippen molar-refractivity contribution >= 4 is 11.9 Å². The van der Waals surface area contributed by atoms with E-state index in [9.17, 15) is 4.79 Å². The molecule has 1 heterocycles. The Hall–Kier alpha value is -1.26. The van der Waals surface area contributed by atoms with Gasteiger partial charge < -0.3 is 15.5 Å². The number of likely N-dealkylation sites (tertiary alicyclic amines) is 1. The van der Waals surface area contributed by atoms with E-state index in [0.717, 1.165) is 38.8 Å². The number of hydrogen-bond acceptors (Lipinski definition) is 2. The fourth-order valence-corrected chi connectivity index (χ4v) is 3.70. The van der Waals surface area contributed by atoms with E-state index in [1.165, 1.54) is 12.8 Å². The number of carbonyl (C=O) groups excluding carboxylic acids is 1. The van der Waals surface area contributed by atoms with Crippen LogP contribution < -0.4 is 5.73 Å². The number of rotatable bonds is 3. The molecule has 1 aliphatic carbocycles. The Labute approximate surface area is 128 Å². The molecule has 2 rings (SSSR count). The summed E-state index contributed by atoms with van der Waals surface area (Å²) < 4.78 is 0. The first-order valence-corrected chi connectivity index (χ1v) is 8.21. The van der Waals surface area contributed by atoms with Gasteiger partial charge in [-0.15, -0.1) is 0 Å². The zero-order chi connectivity index (χ0) is 15.5. The van der Waals surface area contributed by atoms with Gasteiger partial charge in [0.1, 0.15) is 0 Å². The van der Waals surface area contributed by atoms with Crippen LogP contribution in [-0.4, -0.2) is 55.4 Å². The van der Waals surface area contributed by atoms with E-state index >= 15 is 0 Å². The maximum atomic E-state index is 12.5. The number of aliphatic imine (C=N–C) groups is 1. The summed E-state index contributed by atoms with van der Waals surface area (Å²) in [6.07, 6.45) is 6.58. The number of hydrogen-bond donors (Lipinski definition) is 1. The Kier molecular flexibility index (Phi) is 5.12. The quantitative estimate of drug-likeness (QED) is 0.636. The van der Waals surface area contributed by atoms with Crippen molar-refractivity contribution in [3.05, 3.63) is 0 Å². The molecule has 5 nitrogen and oxygen atoms in total. The highest BCUT2D eigenvalue weighted by atomic mass is 16.2. The zero-order valence-corrected chi connectivity index (χ0v) is 13.8. The van der Waals surface area contributed by atoms with Crippen LogP contribution in [-0.2, 0) is 4.79 Å². The van der Waals surface area contributed by atoms with Crippen molar-refractivity contribution in [2.75, 3.05) is 33.7 Å². The molecule has 1 unspecified atom stereocenters. The largest absolute Gasteiger partial charge is 0.370 e. The number of amides is 1. The SMILES string of the molecule is CC1CCCN(C(N)=NCC2(C(=O)N(C)C)CCCC2)C1. The Morgan fingerprint density at radius 2 is 2.00 bits per heavy atom. The number of nitrogens with two attached hydrogens (primary N) is 1. The molecule has 21 heavy (non-hydrogen) atoms. The average Bonchev–Trinajstić information content (AvgIpc) is 2.94. The smallest absolute Gasteiger partial charge is 0.230 e. The van der Waals surface area contributed by atoms with Crippen LogP contribution in [0.4, 0.5) is 0 Å². The molecule has 1 aliphatic heterocycles.